The van der Waals surface area contributed by atoms with Crippen LogP contribution in [0, 0.1) is 5.82 Å². The van der Waals surface area contributed by atoms with Crippen LogP contribution < -0.4 is 5.43 Å². The van der Waals surface area contributed by atoms with E-state index in [9.17, 15) is 9.18 Å². The number of hydrazone groups is 1. The molecule has 0 aromatic heterocycles. The van der Waals surface area contributed by atoms with Gasteiger partial charge in [-0.1, -0.05) is 18.2 Å². The van der Waals surface area contributed by atoms with Gasteiger partial charge in [-0.25, -0.2) is 9.18 Å². The van der Waals surface area contributed by atoms with Crippen molar-refractivity contribution >= 4 is 12.2 Å². The lowest BCUT2D eigenvalue weighted by Crippen LogP contribution is -2.11. The highest BCUT2D eigenvalue weighted by atomic mass is 19.1. The van der Waals surface area contributed by atoms with Crippen LogP contribution in [-0.4, -0.2) is 18.8 Å². The number of hydrogen-bond donors (Lipinski definition) is 1. The Morgan fingerprint density at radius 2 is 2.31 bits per heavy atom. The van der Waals surface area contributed by atoms with Crippen LogP contribution in [0.2, 0.25) is 0 Å². The molecule has 4 nitrogen and oxygen atoms in total. The molecule has 86 valence electrons. The van der Waals surface area contributed by atoms with E-state index in [-0.39, 0.29) is 12.4 Å². The molecule has 0 heterocycles. The monoisotopic (exact) mass is 224 g/mol. The van der Waals surface area contributed by atoms with Crippen LogP contribution in [0.1, 0.15) is 12.5 Å². The van der Waals surface area contributed by atoms with Gasteiger partial charge in [-0.15, -0.1) is 0 Å². The van der Waals surface area contributed by atoms with Gasteiger partial charge in [0.1, 0.15) is 12.0 Å². The largest absolute Gasteiger partial charge is 0.462 e. The summed E-state index contributed by atoms with van der Waals surface area (Å²) in [6.07, 6.45) is 1.02. The fourth-order valence-corrected chi connectivity index (χ4v) is 1.05. The number of ether oxygens (including phenoxy) is 1. The average molecular weight is 224 g/mol. The Kier molecular flexibility index (Phi) is 4.98. The second-order valence-corrected chi connectivity index (χ2v) is 2.94. The quantitative estimate of drug-likeness (QED) is 0.468. The van der Waals surface area contributed by atoms with E-state index >= 15 is 0 Å². The third-order valence-corrected chi connectivity index (χ3v) is 1.78. The molecule has 5 heteroatoms. The van der Waals surface area contributed by atoms with E-state index in [2.05, 4.69) is 15.3 Å². The second kappa shape index (κ2) is 6.55. The number of carbonyl (C=O) groups is 1. The predicted molar refractivity (Wildman–Crippen MR) is 58.4 cm³/mol. The van der Waals surface area contributed by atoms with Gasteiger partial charge in [0.2, 0.25) is 0 Å². The van der Waals surface area contributed by atoms with Gasteiger partial charge in [0.15, 0.2) is 0 Å². The molecule has 0 aliphatic rings. The summed E-state index contributed by atoms with van der Waals surface area (Å²) in [6, 6.07) is 6.35. The van der Waals surface area contributed by atoms with Gasteiger partial charge >= 0.3 is 5.97 Å². The summed E-state index contributed by atoms with van der Waals surface area (Å²) in [6.45, 7) is 2.24. The first kappa shape index (κ1) is 12.2. The molecule has 0 saturated heterocycles. The molecule has 0 saturated carbocycles. The maximum atomic E-state index is 13.1. The molecule has 1 aromatic carbocycles. The molecule has 1 N–H and O–H groups in total. The third kappa shape index (κ3) is 4.08. The number of halogens is 1. The van der Waals surface area contributed by atoms with Crippen LogP contribution in [0.5, 0.6) is 0 Å². The first-order valence-electron chi connectivity index (χ1n) is 4.90. The van der Waals surface area contributed by atoms with Crippen molar-refractivity contribution in [2.75, 3.05) is 6.61 Å². The number of nitrogens with zero attached hydrogens (tertiary/aromatic N) is 1. The van der Waals surface area contributed by atoms with Gasteiger partial charge in [0.25, 0.3) is 0 Å². The molecule has 1 aromatic rings. The van der Waals surface area contributed by atoms with Crippen molar-refractivity contribution in [3.05, 3.63) is 35.6 Å². The molecule has 0 unspecified atom stereocenters. The molecular formula is C11H13FN2O2. The van der Waals surface area contributed by atoms with Crippen molar-refractivity contribution in [3.63, 3.8) is 0 Å². The predicted octanol–water partition coefficient (Wildman–Crippen LogP) is 1.46. The van der Waals surface area contributed by atoms with E-state index < -0.39 is 5.97 Å². The summed E-state index contributed by atoms with van der Waals surface area (Å²) in [5.74, 6) is -0.829. The van der Waals surface area contributed by atoms with Crippen molar-refractivity contribution < 1.29 is 13.9 Å². The molecule has 0 aliphatic heterocycles. The standard InChI is InChI=1S/C11H13FN2O2/c1-2-16-11(15)8-14-13-7-9-5-3-4-6-10(9)12/h3-6,8,13H,2,7H2,1H3/b14-8+. The van der Waals surface area contributed by atoms with Crippen molar-refractivity contribution in [2.45, 2.75) is 13.5 Å². The fourth-order valence-electron chi connectivity index (χ4n) is 1.05. The second-order valence-electron chi connectivity index (χ2n) is 2.94. The van der Waals surface area contributed by atoms with E-state index in [1.165, 1.54) is 6.07 Å². The van der Waals surface area contributed by atoms with Gasteiger partial charge in [0.05, 0.1) is 13.2 Å². The van der Waals surface area contributed by atoms with Crippen LogP contribution in [0.15, 0.2) is 29.4 Å². The molecule has 0 spiro atoms. The Balaban J connectivity index is 2.36. The smallest absolute Gasteiger partial charge is 0.351 e. The molecule has 1 rings (SSSR count). The topological polar surface area (TPSA) is 50.7 Å². The maximum Gasteiger partial charge on any atom is 0.351 e. The minimum Gasteiger partial charge on any atom is -0.462 e. The average Bonchev–Trinajstić information content (AvgIpc) is 2.27. The first-order chi connectivity index (χ1) is 7.74. The molecular weight excluding hydrogens is 211 g/mol. The molecule has 0 radical (unpaired) electrons. The number of carbonyl (C=O) groups excluding carboxylic acids is 1. The highest BCUT2D eigenvalue weighted by molar-refractivity contribution is 6.23. The minimum absolute atomic E-state index is 0.225. The summed E-state index contributed by atoms with van der Waals surface area (Å²) in [5, 5.41) is 3.61. The Morgan fingerprint density at radius 3 is 3.00 bits per heavy atom. The van der Waals surface area contributed by atoms with Gasteiger partial charge < -0.3 is 10.2 Å². The zero-order valence-corrected chi connectivity index (χ0v) is 8.94. The molecule has 0 aliphatic carbocycles. The Hall–Kier alpha value is -1.91. The van der Waals surface area contributed by atoms with Gasteiger partial charge in [-0.2, -0.15) is 5.10 Å². The summed E-state index contributed by atoms with van der Waals surface area (Å²) < 4.78 is 17.7. The van der Waals surface area contributed by atoms with Crippen molar-refractivity contribution in [2.24, 2.45) is 5.10 Å². The molecule has 16 heavy (non-hydrogen) atoms. The van der Waals surface area contributed by atoms with Gasteiger partial charge in [0, 0.05) is 5.56 Å². The normalized spacial score (nSPS) is 10.4. The number of benzene rings is 1. The minimum atomic E-state index is -0.525. The fraction of sp³-hybridized carbons (Fsp3) is 0.273. The summed E-state index contributed by atoms with van der Waals surface area (Å²) >= 11 is 0. The number of rotatable bonds is 5. The Morgan fingerprint density at radius 1 is 1.56 bits per heavy atom. The highest BCUT2D eigenvalue weighted by Crippen LogP contribution is 2.04. The van der Waals surface area contributed by atoms with E-state index in [1.54, 1.807) is 25.1 Å². The lowest BCUT2D eigenvalue weighted by molar-refractivity contribution is -0.134. The van der Waals surface area contributed by atoms with Crippen LogP contribution in [-0.2, 0) is 16.1 Å². The van der Waals surface area contributed by atoms with Crippen molar-refractivity contribution in [1.82, 2.24) is 5.43 Å². The van der Waals surface area contributed by atoms with Crippen LogP contribution in [0.4, 0.5) is 4.39 Å². The van der Waals surface area contributed by atoms with E-state index in [1.807, 2.05) is 0 Å². The van der Waals surface area contributed by atoms with Crippen LogP contribution in [0.3, 0.4) is 0 Å². The number of hydrogen-bond acceptors (Lipinski definition) is 4. The summed E-state index contributed by atoms with van der Waals surface area (Å²) in [7, 11) is 0. The first-order valence-corrected chi connectivity index (χ1v) is 4.90. The Bertz CT molecular complexity index is 380. The van der Waals surface area contributed by atoms with E-state index in [4.69, 9.17) is 0 Å². The lowest BCUT2D eigenvalue weighted by Gasteiger charge is -2.01. The SMILES string of the molecule is CCOC(=O)/C=N/NCc1ccccc1F. The number of esters is 1. The maximum absolute atomic E-state index is 13.1. The van der Waals surface area contributed by atoms with Crippen molar-refractivity contribution in [3.8, 4) is 0 Å². The molecule has 0 amide bonds. The van der Waals surface area contributed by atoms with Crippen molar-refractivity contribution in [1.29, 1.82) is 0 Å². The molecule has 0 bridgehead atoms. The van der Waals surface area contributed by atoms with Gasteiger partial charge in [-0.3, -0.25) is 0 Å². The molecule has 0 fully saturated rings. The van der Waals surface area contributed by atoms with E-state index in [0.717, 1.165) is 6.21 Å². The highest BCUT2D eigenvalue weighted by Gasteiger charge is 1.98. The Labute approximate surface area is 93.1 Å². The summed E-state index contributed by atoms with van der Waals surface area (Å²) in [5.41, 5.74) is 3.05. The summed E-state index contributed by atoms with van der Waals surface area (Å²) in [4.78, 5) is 10.8. The number of nitrogens with one attached hydrogen (secondary N) is 1. The zero-order chi connectivity index (χ0) is 11.8. The zero-order valence-electron chi connectivity index (χ0n) is 8.94. The van der Waals surface area contributed by atoms with Gasteiger partial charge in [-0.05, 0) is 13.0 Å². The lowest BCUT2D eigenvalue weighted by atomic mass is 10.2. The van der Waals surface area contributed by atoms with Crippen LogP contribution in [0.25, 0.3) is 0 Å². The molecule has 0 atom stereocenters. The third-order valence-electron chi connectivity index (χ3n) is 1.78. The van der Waals surface area contributed by atoms with Crippen LogP contribution >= 0.6 is 0 Å². The van der Waals surface area contributed by atoms with E-state index in [0.29, 0.717) is 12.2 Å².